The molecule has 2 fully saturated rings. The lowest BCUT2D eigenvalue weighted by molar-refractivity contribution is 0.0487. The smallest absolute Gasteiger partial charge is 0.0568 e. The van der Waals surface area contributed by atoms with E-state index in [1.165, 1.54) is 44.1 Å². The maximum atomic E-state index is 10.3. The van der Waals surface area contributed by atoms with Crippen LogP contribution in [-0.2, 0) is 0 Å². The Morgan fingerprint density at radius 3 is 2.42 bits per heavy atom. The normalized spacial score (nSPS) is 32.6. The number of aliphatic hydroxyl groups is 1. The van der Waals surface area contributed by atoms with Gasteiger partial charge in [0.15, 0.2) is 0 Å². The van der Waals surface area contributed by atoms with Gasteiger partial charge in [-0.15, -0.1) is 0 Å². The zero-order valence-electron chi connectivity index (χ0n) is 11.8. The van der Waals surface area contributed by atoms with Crippen LogP contribution in [0.5, 0.6) is 0 Å². The average Bonchev–Trinajstić information content (AvgIpc) is 2.95. The molecule has 0 radical (unpaired) electrons. The lowest BCUT2D eigenvalue weighted by Crippen LogP contribution is -2.29. The van der Waals surface area contributed by atoms with E-state index in [1.54, 1.807) is 0 Å². The van der Waals surface area contributed by atoms with E-state index in [1.807, 2.05) is 0 Å². The molecule has 2 saturated carbocycles. The molecule has 3 atom stereocenters. The third-order valence-corrected chi connectivity index (χ3v) is 5.32. The summed E-state index contributed by atoms with van der Waals surface area (Å²) in [5.74, 6) is 2.12. The van der Waals surface area contributed by atoms with E-state index < -0.39 is 0 Å². The molecule has 2 aliphatic carbocycles. The molecule has 2 aliphatic rings. The Balaban J connectivity index is 1.63. The van der Waals surface area contributed by atoms with E-state index >= 15 is 0 Å². The van der Waals surface area contributed by atoms with Crippen LogP contribution in [-0.4, -0.2) is 11.2 Å². The standard InChI is InChI=1S/C18H26O/c19-18-11-10-16(15-8-2-1-3-9-15)13-17(18)12-14-6-4-5-7-14/h1-3,8-9,14,16-19H,4-7,10-13H2. The van der Waals surface area contributed by atoms with Crippen molar-refractivity contribution >= 4 is 0 Å². The Hall–Kier alpha value is -0.820. The van der Waals surface area contributed by atoms with Crippen LogP contribution in [0.3, 0.4) is 0 Å². The highest BCUT2D eigenvalue weighted by atomic mass is 16.3. The average molecular weight is 258 g/mol. The van der Waals surface area contributed by atoms with Crippen molar-refractivity contribution in [2.45, 2.75) is 63.4 Å². The summed E-state index contributed by atoms with van der Waals surface area (Å²) in [5.41, 5.74) is 1.48. The summed E-state index contributed by atoms with van der Waals surface area (Å²) in [5, 5.41) is 10.3. The van der Waals surface area contributed by atoms with Gasteiger partial charge in [-0.3, -0.25) is 0 Å². The van der Waals surface area contributed by atoms with Crippen molar-refractivity contribution in [1.82, 2.24) is 0 Å². The monoisotopic (exact) mass is 258 g/mol. The molecule has 19 heavy (non-hydrogen) atoms. The van der Waals surface area contributed by atoms with Crippen molar-refractivity contribution in [3.8, 4) is 0 Å². The van der Waals surface area contributed by atoms with E-state index in [0.29, 0.717) is 11.8 Å². The fourth-order valence-electron chi connectivity index (χ4n) is 4.20. The molecule has 0 saturated heterocycles. The Morgan fingerprint density at radius 2 is 1.68 bits per heavy atom. The van der Waals surface area contributed by atoms with Crippen LogP contribution in [0.2, 0.25) is 0 Å². The minimum atomic E-state index is -0.0411. The number of hydrogen-bond donors (Lipinski definition) is 1. The summed E-state index contributed by atoms with van der Waals surface area (Å²) in [6, 6.07) is 10.9. The van der Waals surface area contributed by atoms with Crippen LogP contribution in [0.1, 0.15) is 62.8 Å². The van der Waals surface area contributed by atoms with Gasteiger partial charge in [0, 0.05) is 0 Å². The fraction of sp³-hybridized carbons (Fsp3) is 0.667. The summed E-state index contributed by atoms with van der Waals surface area (Å²) < 4.78 is 0. The molecule has 1 heteroatoms. The van der Waals surface area contributed by atoms with E-state index in [-0.39, 0.29) is 6.10 Å². The van der Waals surface area contributed by atoms with Crippen molar-refractivity contribution in [2.24, 2.45) is 11.8 Å². The van der Waals surface area contributed by atoms with Gasteiger partial charge in [-0.25, -0.2) is 0 Å². The summed E-state index contributed by atoms with van der Waals surface area (Å²) in [4.78, 5) is 0. The first kappa shape index (κ1) is 13.2. The molecule has 0 aliphatic heterocycles. The van der Waals surface area contributed by atoms with Crippen LogP contribution < -0.4 is 0 Å². The van der Waals surface area contributed by atoms with Gasteiger partial charge in [-0.05, 0) is 49.0 Å². The van der Waals surface area contributed by atoms with Gasteiger partial charge in [0.2, 0.25) is 0 Å². The maximum absolute atomic E-state index is 10.3. The summed E-state index contributed by atoms with van der Waals surface area (Å²) in [6.07, 6.45) is 10.2. The zero-order chi connectivity index (χ0) is 13.1. The molecule has 0 spiro atoms. The molecule has 0 heterocycles. The number of rotatable bonds is 3. The first-order valence-electron chi connectivity index (χ1n) is 8.06. The minimum Gasteiger partial charge on any atom is -0.393 e. The molecule has 0 bridgehead atoms. The van der Waals surface area contributed by atoms with Gasteiger partial charge in [0.1, 0.15) is 0 Å². The van der Waals surface area contributed by atoms with Gasteiger partial charge >= 0.3 is 0 Å². The highest BCUT2D eigenvalue weighted by Crippen LogP contribution is 2.41. The van der Waals surface area contributed by atoms with Crippen LogP contribution in [0.25, 0.3) is 0 Å². The van der Waals surface area contributed by atoms with Crippen LogP contribution in [0, 0.1) is 11.8 Å². The molecule has 3 rings (SSSR count). The summed E-state index contributed by atoms with van der Waals surface area (Å²) in [7, 11) is 0. The second-order valence-electron chi connectivity index (χ2n) is 6.63. The van der Waals surface area contributed by atoms with Crippen molar-refractivity contribution in [2.75, 3.05) is 0 Å². The Kier molecular flexibility index (Phi) is 4.22. The number of aliphatic hydroxyl groups excluding tert-OH is 1. The third-order valence-electron chi connectivity index (χ3n) is 5.32. The van der Waals surface area contributed by atoms with Crippen molar-refractivity contribution in [3.05, 3.63) is 35.9 Å². The van der Waals surface area contributed by atoms with E-state index in [4.69, 9.17) is 0 Å². The largest absolute Gasteiger partial charge is 0.393 e. The lowest BCUT2D eigenvalue weighted by Gasteiger charge is -2.35. The molecule has 1 N–H and O–H groups in total. The number of benzene rings is 1. The Bertz CT molecular complexity index is 380. The van der Waals surface area contributed by atoms with E-state index in [9.17, 15) is 5.11 Å². The molecule has 104 valence electrons. The fourth-order valence-corrected chi connectivity index (χ4v) is 4.20. The predicted molar refractivity (Wildman–Crippen MR) is 79.1 cm³/mol. The molecule has 0 amide bonds. The topological polar surface area (TPSA) is 20.2 Å². The molecule has 1 aromatic carbocycles. The van der Waals surface area contributed by atoms with Gasteiger partial charge in [-0.1, -0.05) is 56.0 Å². The Labute approximate surface area is 117 Å². The first-order chi connectivity index (χ1) is 9.33. The lowest BCUT2D eigenvalue weighted by atomic mass is 9.73. The van der Waals surface area contributed by atoms with Crippen LogP contribution >= 0.6 is 0 Å². The summed E-state index contributed by atoms with van der Waals surface area (Å²) in [6.45, 7) is 0. The molecule has 3 unspecified atom stereocenters. The second kappa shape index (κ2) is 6.09. The van der Waals surface area contributed by atoms with Gasteiger partial charge in [-0.2, -0.15) is 0 Å². The van der Waals surface area contributed by atoms with E-state index in [0.717, 1.165) is 18.8 Å². The third kappa shape index (κ3) is 3.20. The van der Waals surface area contributed by atoms with E-state index in [2.05, 4.69) is 30.3 Å². The molecule has 0 aromatic heterocycles. The van der Waals surface area contributed by atoms with Crippen molar-refractivity contribution in [1.29, 1.82) is 0 Å². The van der Waals surface area contributed by atoms with Gasteiger partial charge in [0.25, 0.3) is 0 Å². The molecule has 1 aromatic rings. The SMILES string of the molecule is OC1CCC(c2ccccc2)CC1CC1CCCC1. The second-order valence-corrected chi connectivity index (χ2v) is 6.63. The highest BCUT2D eigenvalue weighted by molar-refractivity contribution is 5.20. The summed E-state index contributed by atoms with van der Waals surface area (Å²) >= 11 is 0. The minimum absolute atomic E-state index is 0.0411. The zero-order valence-corrected chi connectivity index (χ0v) is 11.8. The quantitative estimate of drug-likeness (QED) is 0.845. The maximum Gasteiger partial charge on any atom is 0.0568 e. The number of hydrogen-bond acceptors (Lipinski definition) is 1. The van der Waals surface area contributed by atoms with Crippen molar-refractivity contribution in [3.63, 3.8) is 0 Å². The van der Waals surface area contributed by atoms with Gasteiger partial charge in [0.05, 0.1) is 6.10 Å². The molecule has 1 nitrogen and oxygen atoms in total. The molecular formula is C18H26O. The van der Waals surface area contributed by atoms with Gasteiger partial charge < -0.3 is 5.11 Å². The highest BCUT2D eigenvalue weighted by Gasteiger charge is 2.32. The van der Waals surface area contributed by atoms with Crippen LogP contribution in [0.15, 0.2) is 30.3 Å². The Morgan fingerprint density at radius 1 is 0.947 bits per heavy atom. The van der Waals surface area contributed by atoms with Crippen molar-refractivity contribution < 1.29 is 5.11 Å². The molecular weight excluding hydrogens is 232 g/mol. The van der Waals surface area contributed by atoms with Crippen LogP contribution in [0.4, 0.5) is 0 Å². The first-order valence-corrected chi connectivity index (χ1v) is 8.06. The predicted octanol–water partition coefficient (Wildman–Crippen LogP) is 4.51.